The van der Waals surface area contributed by atoms with Crippen LogP contribution in [0.5, 0.6) is 0 Å². The van der Waals surface area contributed by atoms with Gasteiger partial charge >= 0.3 is 6.03 Å². The molecule has 0 saturated carbocycles. The Morgan fingerprint density at radius 3 is 2.33 bits per heavy atom. The molecule has 1 rings (SSSR count). The zero-order valence-corrected chi connectivity index (χ0v) is 13.7. The van der Waals surface area contributed by atoms with E-state index in [1.165, 1.54) is 4.90 Å². The molecule has 2 amide bonds. The number of rotatable bonds is 5. The summed E-state index contributed by atoms with van der Waals surface area (Å²) < 4.78 is 0. The Hall–Kier alpha value is -2.05. The molecule has 0 aliphatic heterocycles. The third-order valence-electron chi connectivity index (χ3n) is 2.77. The van der Waals surface area contributed by atoms with E-state index in [9.17, 15) is 4.79 Å². The first-order valence-electron chi connectivity index (χ1n) is 7.00. The van der Waals surface area contributed by atoms with Gasteiger partial charge in [0, 0.05) is 45.7 Å². The molecule has 7 heteroatoms. The maximum atomic E-state index is 11.4. The molecule has 0 aliphatic carbocycles. The number of carbonyl (C=O) groups is 1. The smallest absolute Gasteiger partial charge is 0.316 e. The Bertz CT molecular complexity index is 481. The second kappa shape index (κ2) is 7.10. The van der Waals surface area contributed by atoms with Gasteiger partial charge in [-0.2, -0.15) is 0 Å². The van der Waals surface area contributed by atoms with Gasteiger partial charge < -0.3 is 20.9 Å². The van der Waals surface area contributed by atoms with Crippen molar-refractivity contribution in [3.63, 3.8) is 0 Å². The molecule has 0 saturated heterocycles. The van der Waals surface area contributed by atoms with Crippen LogP contribution >= 0.6 is 0 Å². The van der Waals surface area contributed by atoms with Gasteiger partial charge in [0.1, 0.15) is 17.5 Å². The van der Waals surface area contributed by atoms with Crippen molar-refractivity contribution in [3.8, 4) is 0 Å². The van der Waals surface area contributed by atoms with Crippen LogP contribution in [0.1, 0.15) is 26.6 Å². The Labute approximate surface area is 126 Å². The van der Waals surface area contributed by atoms with Gasteiger partial charge in [-0.05, 0) is 0 Å². The van der Waals surface area contributed by atoms with Crippen LogP contribution in [0.25, 0.3) is 0 Å². The van der Waals surface area contributed by atoms with E-state index in [2.05, 4.69) is 46.7 Å². The largest absolute Gasteiger partial charge is 0.373 e. The molecule has 0 bridgehead atoms. The molecular formula is C14H26N6O. The molecule has 0 unspecified atom stereocenters. The van der Waals surface area contributed by atoms with E-state index in [-0.39, 0.29) is 11.4 Å². The second-order valence-electron chi connectivity index (χ2n) is 6.02. The van der Waals surface area contributed by atoms with Gasteiger partial charge in [-0.1, -0.05) is 20.8 Å². The summed E-state index contributed by atoms with van der Waals surface area (Å²) in [5.74, 6) is 2.29. The number of hydrogen-bond donors (Lipinski definition) is 3. The molecule has 21 heavy (non-hydrogen) atoms. The highest BCUT2D eigenvalue weighted by atomic mass is 16.2. The maximum Gasteiger partial charge on any atom is 0.316 e. The van der Waals surface area contributed by atoms with Crippen LogP contribution in [0.4, 0.5) is 16.4 Å². The van der Waals surface area contributed by atoms with Gasteiger partial charge in [-0.25, -0.2) is 14.8 Å². The Kier molecular flexibility index (Phi) is 5.75. The van der Waals surface area contributed by atoms with Crippen molar-refractivity contribution in [1.29, 1.82) is 0 Å². The summed E-state index contributed by atoms with van der Waals surface area (Å²) in [6.07, 6.45) is 0. The first-order valence-corrected chi connectivity index (χ1v) is 7.00. The lowest BCUT2D eigenvalue weighted by molar-refractivity contribution is 0.218. The van der Waals surface area contributed by atoms with E-state index in [1.54, 1.807) is 14.1 Å². The molecule has 0 radical (unpaired) electrons. The van der Waals surface area contributed by atoms with Crippen molar-refractivity contribution in [2.75, 3.05) is 44.9 Å². The van der Waals surface area contributed by atoms with Crippen molar-refractivity contribution in [3.05, 3.63) is 11.9 Å². The Morgan fingerprint density at radius 2 is 1.81 bits per heavy atom. The summed E-state index contributed by atoms with van der Waals surface area (Å²) in [5.41, 5.74) is -0.123. The average molecular weight is 294 g/mol. The Morgan fingerprint density at radius 1 is 1.19 bits per heavy atom. The molecule has 0 atom stereocenters. The summed E-state index contributed by atoms with van der Waals surface area (Å²) in [5, 5.41) is 9.03. The zero-order chi connectivity index (χ0) is 16.0. The van der Waals surface area contributed by atoms with Crippen molar-refractivity contribution in [1.82, 2.24) is 20.2 Å². The monoisotopic (exact) mass is 294 g/mol. The highest BCUT2D eigenvalue weighted by Crippen LogP contribution is 2.21. The minimum atomic E-state index is -0.123. The van der Waals surface area contributed by atoms with Crippen LogP contribution in [0.2, 0.25) is 0 Å². The van der Waals surface area contributed by atoms with Gasteiger partial charge in [0.25, 0.3) is 0 Å². The number of aromatic nitrogens is 2. The van der Waals surface area contributed by atoms with Crippen molar-refractivity contribution in [2.45, 2.75) is 26.2 Å². The molecular weight excluding hydrogens is 268 g/mol. The third kappa shape index (κ3) is 5.45. The first kappa shape index (κ1) is 17.0. The predicted octanol–water partition coefficient (Wildman–Crippen LogP) is 1.50. The van der Waals surface area contributed by atoms with Gasteiger partial charge in [0.2, 0.25) is 0 Å². The van der Waals surface area contributed by atoms with Gasteiger partial charge in [0.15, 0.2) is 0 Å². The number of carbonyl (C=O) groups excluding carboxylic acids is 1. The van der Waals surface area contributed by atoms with Crippen LogP contribution in [0, 0.1) is 0 Å². The van der Waals surface area contributed by atoms with Crippen LogP contribution in [0.15, 0.2) is 6.07 Å². The van der Waals surface area contributed by atoms with E-state index in [1.807, 2.05) is 13.1 Å². The van der Waals surface area contributed by atoms with E-state index in [0.29, 0.717) is 13.1 Å². The topological polar surface area (TPSA) is 82.2 Å². The molecule has 118 valence electrons. The van der Waals surface area contributed by atoms with Crippen LogP contribution in [-0.4, -0.2) is 55.1 Å². The summed E-state index contributed by atoms with van der Waals surface area (Å²) >= 11 is 0. The molecule has 1 aromatic rings. The zero-order valence-electron chi connectivity index (χ0n) is 13.7. The van der Waals surface area contributed by atoms with Crippen molar-refractivity contribution < 1.29 is 4.79 Å². The number of nitrogens with one attached hydrogen (secondary N) is 3. The van der Waals surface area contributed by atoms with Crippen molar-refractivity contribution >= 4 is 17.7 Å². The first-order chi connectivity index (χ1) is 9.74. The fraction of sp³-hybridized carbons (Fsp3) is 0.643. The normalized spacial score (nSPS) is 11.0. The van der Waals surface area contributed by atoms with Gasteiger partial charge in [-0.3, -0.25) is 0 Å². The van der Waals surface area contributed by atoms with Gasteiger partial charge in [0.05, 0.1) is 0 Å². The van der Waals surface area contributed by atoms with Crippen LogP contribution < -0.4 is 16.0 Å². The number of hydrogen-bond acceptors (Lipinski definition) is 5. The molecule has 3 N–H and O–H groups in total. The van der Waals surface area contributed by atoms with Crippen LogP contribution in [0.3, 0.4) is 0 Å². The molecule has 7 nitrogen and oxygen atoms in total. The number of amides is 2. The predicted molar refractivity (Wildman–Crippen MR) is 85.9 cm³/mol. The fourth-order valence-electron chi connectivity index (χ4n) is 1.52. The minimum Gasteiger partial charge on any atom is -0.373 e. The molecule has 1 heterocycles. The molecule has 0 aromatic carbocycles. The van der Waals surface area contributed by atoms with E-state index in [4.69, 9.17) is 0 Å². The SMILES string of the molecule is CNc1cc(NCCNC(=O)N(C)C)nc(C(C)(C)C)n1. The Balaban J connectivity index is 2.64. The number of anilines is 2. The van der Waals surface area contributed by atoms with Crippen molar-refractivity contribution in [2.24, 2.45) is 0 Å². The minimum absolute atomic E-state index is 0.106. The van der Waals surface area contributed by atoms with E-state index < -0.39 is 0 Å². The van der Waals surface area contributed by atoms with E-state index in [0.717, 1.165) is 17.5 Å². The van der Waals surface area contributed by atoms with E-state index >= 15 is 0 Å². The fourth-order valence-corrected chi connectivity index (χ4v) is 1.52. The standard InChI is InChI=1S/C14H26N6O/c1-14(2,3)12-18-10(15-4)9-11(19-12)16-7-8-17-13(21)20(5)6/h9H,7-8H2,1-6H3,(H,17,21)(H2,15,16,18,19). The lowest BCUT2D eigenvalue weighted by Gasteiger charge is -2.19. The maximum absolute atomic E-state index is 11.4. The summed E-state index contributed by atoms with van der Waals surface area (Å²) in [6.45, 7) is 7.35. The summed E-state index contributed by atoms with van der Waals surface area (Å²) in [4.78, 5) is 21.9. The highest BCUT2D eigenvalue weighted by molar-refractivity contribution is 5.73. The lowest BCUT2D eigenvalue weighted by atomic mass is 9.96. The molecule has 0 fully saturated rings. The molecule has 0 aliphatic rings. The molecule has 0 spiro atoms. The number of urea groups is 1. The highest BCUT2D eigenvalue weighted by Gasteiger charge is 2.18. The quantitative estimate of drug-likeness (QED) is 0.717. The average Bonchev–Trinajstić information content (AvgIpc) is 2.41. The van der Waals surface area contributed by atoms with Crippen LogP contribution in [-0.2, 0) is 5.41 Å². The summed E-state index contributed by atoms with van der Waals surface area (Å²) in [7, 11) is 5.25. The summed E-state index contributed by atoms with van der Waals surface area (Å²) in [6, 6.07) is 1.74. The van der Waals surface area contributed by atoms with Gasteiger partial charge in [-0.15, -0.1) is 0 Å². The second-order valence-corrected chi connectivity index (χ2v) is 6.02. The molecule has 1 aromatic heterocycles. The lowest BCUT2D eigenvalue weighted by Crippen LogP contribution is -2.37. The number of nitrogens with zero attached hydrogens (tertiary/aromatic N) is 3. The third-order valence-corrected chi connectivity index (χ3v) is 2.77.